The minimum absolute atomic E-state index is 0.0611. The molecule has 2 heterocycles. The van der Waals surface area contributed by atoms with E-state index in [1.807, 2.05) is 24.3 Å². The van der Waals surface area contributed by atoms with Crippen LogP contribution in [0.5, 0.6) is 5.75 Å². The maximum atomic E-state index is 11.3. The fourth-order valence-corrected chi connectivity index (χ4v) is 2.73. The maximum Gasteiger partial charge on any atom is 0.305 e. The van der Waals surface area contributed by atoms with Crippen molar-refractivity contribution in [3.8, 4) is 16.9 Å². The number of hydrogen-bond donors (Lipinski definition) is 1. The number of phenols is 1. The summed E-state index contributed by atoms with van der Waals surface area (Å²) in [6.45, 7) is 4.88. The average Bonchev–Trinajstić information content (AvgIpc) is 2.68. The van der Waals surface area contributed by atoms with Gasteiger partial charge < -0.3 is 19.5 Å². The van der Waals surface area contributed by atoms with E-state index >= 15 is 0 Å². The largest absolute Gasteiger partial charge is 0.507 e. The molecule has 0 aliphatic carbocycles. The summed E-state index contributed by atoms with van der Waals surface area (Å²) in [5, 5.41) is 10.5. The number of ether oxygens (including phenoxy) is 2. The topological polar surface area (TPSA) is 71.9 Å². The van der Waals surface area contributed by atoms with Gasteiger partial charge in [0, 0.05) is 42.4 Å². The zero-order valence-corrected chi connectivity index (χ0v) is 14.3. The normalized spacial score (nSPS) is 14.4. The second-order valence-corrected chi connectivity index (χ2v) is 5.83. The minimum atomic E-state index is -0.290. The van der Waals surface area contributed by atoms with Crippen molar-refractivity contribution in [1.29, 1.82) is 0 Å². The smallest absolute Gasteiger partial charge is 0.305 e. The highest BCUT2D eigenvalue weighted by Gasteiger charge is 2.14. The van der Waals surface area contributed by atoms with Gasteiger partial charge in [-0.2, -0.15) is 0 Å². The lowest BCUT2D eigenvalue weighted by Gasteiger charge is -2.27. The summed E-state index contributed by atoms with van der Waals surface area (Å²) in [6, 6.07) is 9.29. The quantitative estimate of drug-likeness (QED) is 0.843. The van der Waals surface area contributed by atoms with Gasteiger partial charge in [0.05, 0.1) is 13.2 Å². The van der Waals surface area contributed by atoms with Gasteiger partial charge >= 0.3 is 5.97 Å². The molecule has 1 fully saturated rings. The lowest BCUT2D eigenvalue weighted by Crippen LogP contribution is -2.36. The number of carbonyl (C=O) groups excluding carboxylic acids is 1. The molecule has 1 saturated heterocycles. The van der Waals surface area contributed by atoms with Crippen molar-refractivity contribution in [3.63, 3.8) is 0 Å². The number of pyridine rings is 1. The Morgan fingerprint density at radius 3 is 2.76 bits per heavy atom. The minimum Gasteiger partial charge on any atom is -0.507 e. The van der Waals surface area contributed by atoms with Crippen LogP contribution in [0.25, 0.3) is 11.1 Å². The number of benzene rings is 1. The number of phenolic OH excluding ortho intramolecular Hbond substituents is 1. The highest BCUT2D eigenvalue weighted by molar-refractivity contribution is 5.72. The van der Waals surface area contributed by atoms with Gasteiger partial charge in [-0.3, -0.25) is 4.79 Å². The molecule has 1 aromatic heterocycles. The van der Waals surface area contributed by atoms with Crippen molar-refractivity contribution in [2.75, 3.05) is 31.2 Å². The molecule has 3 rings (SSSR count). The lowest BCUT2D eigenvalue weighted by molar-refractivity contribution is -0.144. The van der Waals surface area contributed by atoms with Crippen molar-refractivity contribution >= 4 is 11.8 Å². The van der Waals surface area contributed by atoms with E-state index in [2.05, 4.69) is 9.88 Å². The molecule has 1 aliphatic rings. The average molecular weight is 342 g/mol. The third-order valence-corrected chi connectivity index (χ3v) is 4.19. The molecule has 0 unspecified atom stereocenters. The number of esters is 1. The number of aromatic nitrogens is 1. The van der Waals surface area contributed by atoms with E-state index in [4.69, 9.17) is 9.47 Å². The Hall–Kier alpha value is -2.60. The van der Waals surface area contributed by atoms with E-state index in [1.54, 1.807) is 19.2 Å². The number of aromatic hydroxyl groups is 1. The van der Waals surface area contributed by atoms with Crippen molar-refractivity contribution in [2.24, 2.45) is 0 Å². The lowest BCUT2D eigenvalue weighted by atomic mass is 10.0. The molecule has 0 amide bonds. The van der Waals surface area contributed by atoms with Crippen molar-refractivity contribution in [2.45, 2.75) is 20.0 Å². The van der Waals surface area contributed by atoms with Gasteiger partial charge in [0.2, 0.25) is 0 Å². The van der Waals surface area contributed by atoms with E-state index in [-0.39, 0.29) is 18.3 Å². The van der Waals surface area contributed by atoms with Crippen LogP contribution in [0.3, 0.4) is 0 Å². The third-order valence-electron chi connectivity index (χ3n) is 4.19. The Labute approximate surface area is 147 Å². The van der Waals surface area contributed by atoms with Crippen LogP contribution in [-0.2, 0) is 20.9 Å². The summed E-state index contributed by atoms with van der Waals surface area (Å²) in [5.74, 6) is 0.730. The number of nitrogens with zero attached hydrogens (tertiary/aromatic N) is 2. The van der Waals surface area contributed by atoms with Crippen LogP contribution in [0, 0.1) is 0 Å². The molecule has 0 atom stereocenters. The Balaban J connectivity index is 1.78. The van der Waals surface area contributed by atoms with Crippen LogP contribution >= 0.6 is 0 Å². The highest BCUT2D eigenvalue weighted by atomic mass is 16.5. The van der Waals surface area contributed by atoms with Gasteiger partial charge in [0.25, 0.3) is 0 Å². The van der Waals surface area contributed by atoms with Gasteiger partial charge in [0.15, 0.2) is 0 Å². The van der Waals surface area contributed by atoms with Gasteiger partial charge in [-0.1, -0.05) is 25.1 Å². The molecular weight excluding hydrogens is 320 g/mol. The molecule has 6 nitrogen and oxygen atoms in total. The predicted octanol–water partition coefficient (Wildman–Crippen LogP) is 2.74. The number of carbonyl (C=O) groups is 1. The number of anilines is 1. The highest BCUT2D eigenvalue weighted by Crippen LogP contribution is 2.33. The number of hydrogen-bond acceptors (Lipinski definition) is 6. The van der Waals surface area contributed by atoms with E-state index < -0.39 is 0 Å². The van der Waals surface area contributed by atoms with Gasteiger partial charge in [-0.15, -0.1) is 0 Å². The number of rotatable bonds is 5. The standard InChI is InChI=1S/C19H22N2O4/c1-2-18(22)25-13-15-4-3-5-16(19(15)23)14-6-7-17(20-12-14)21-8-10-24-11-9-21/h3-7,12,23H,2,8-11,13H2,1H3. The first kappa shape index (κ1) is 17.2. The van der Waals surface area contributed by atoms with Gasteiger partial charge in [-0.25, -0.2) is 4.98 Å². The SMILES string of the molecule is CCC(=O)OCc1cccc(-c2ccc(N3CCOCC3)nc2)c1O. The summed E-state index contributed by atoms with van der Waals surface area (Å²) >= 11 is 0. The van der Waals surface area contributed by atoms with Gasteiger partial charge in [0.1, 0.15) is 18.2 Å². The molecule has 1 aliphatic heterocycles. The fourth-order valence-electron chi connectivity index (χ4n) is 2.73. The van der Waals surface area contributed by atoms with E-state index in [0.29, 0.717) is 30.8 Å². The van der Waals surface area contributed by atoms with Crippen LogP contribution in [0.4, 0.5) is 5.82 Å². The summed E-state index contributed by atoms with van der Waals surface area (Å²) in [6.07, 6.45) is 2.06. The van der Waals surface area contributed by atoms with Crippen LogP contribution < -0.4 is 4.90 Å². The zero-order valence-electron chi connectivity index (χ0n) is 14.3. The molecule has 1 aromatic carbocycles. The summed E-state index contributed by atoms with van der Waals surface area (Å²) in [7, 11) is 0. The molecule has 0 saturated carbocycles. The third kappa shape index (κ3) is 4.09. The Morgan fingerprint density at radius 2 is 2.08 bits per heavy atom. The molecular formula is C19H22N2O4. The molecule has 25 heavy (non-hydrogen) atoms. The Morgan fingerprint density at radius 1 is 1.28 bits per heavy atom. The second kappa shape index (κ2) is 7.98. The molecule has 132 valence electrons. The molecule has 0 bridgehead atoms. The summed E-state index contributed by atoms with van der Waals surface area (Å²) in [5.41, 5.74) is 2.07. The van der Waals surface area contributed by atoms with Crippen LogP contribution in [-0.4, -0.2) is 42.4 Å². The number of morpholine rings is 1. The molecule has 0 spiro atoms. The number of para-hydroxylation sites is 1. The predicted molar refractivity (Wildman–Crippen MR) is 94.5 cm³/mol. The fraction of sp³-hybridized carbons (Fsp3) is 0.368. The Bertz CT molecular complexity index is 725. The maximum absolute atomic E-state index is 11.3. The Kier molecular flexibility index (Phi) is 5.50. The first-order valence-corrected chi connectivity index (χ1v) is 8.44. The molecule has 2 aromatic rings. The van der Waals surface area contributed by atoms with Gasteiger partial charge in [-0.05, 0) is 12.1 Å². The summed E-state index contributed by atoms with van der Waals surface area (Å²) in [4.78, 5) is 18.0. The monoisotopic (exact) mass is 342 g/mol. The van der Waals surface area contributed by atoms with E-state index in [0.717, 1.165) is 24.5 Å². The van der Waals surface area contributed by atoms with Crippen molar-refractivity contribution in [1.82, 2.24) is 4.98 Å². The molecule has 0 radical (unpaired) electrons. The van der Waals surface area contributed by atoms with Crippen LogP contribution in [0.2, 0.25) is 0 Å². The van der Waals surface area contributed by atoms with Crippen molar-refractivity contribution in [3.05, 3.63) is 42.1 Å². The second-order valence-electron chi connectivity index (χ2n) is 5.83. The van der Waals surface area contributed by atoms with Crippen LogP contribution in [0.1, 0.15) is 18.9 Å². The molecule has 6 heteroatoms. The molecule has 1 N–H and O–H groups in total. The van der Waals surface area contributed by atoms with Crippen LogP contribution in [0.15, 0.2) is 36.5 Å². The van der Waals surface area contributed by atoms with E-state index in [1.165, 1.54) is 0 Å². The first-order valence-electron chi connectivity index (χ1n) is 8.44. The van der Waals surface area contributed by atoms with Crippen molar-refractivity contribution < 1.29 is 19.4 Å². The zero-order chi connectivity index (χ0) is 17.6. The first-order chi connectivity index (χ1) is 12.2. The summed E-state index contributed by atoms with van der Waals surface area (Å²) < 4.78 is 10.5. The van der Waals surface area contributed by atoms with E-state index in [9.17, 15) is 9.90 Å².